The third-order valence-corrected chi connectivity index (χ3v) is 3.63. The van der Waals surface area contributed by atoms with Gasteiger partial charge in [0.15, 0.2) is 0 Å². The summed E-state index contributed by atoms with van der Waals surface area (Å²) >= 11 is 17.2. The fraction of sp³-hybridized carbons (Fsp3) is 0.778. The molecule has 0 radical (unpaired) electrons. The van der Waals surface area contributed by atoms with Crippen LogP contribution in [0.3, 0.4) is 0 Å². The lowest BCUT2D eigenvalue weighted by Crippen LogP contribution is -2.28. The van der Waals surface area contributed by atoms with Crippen molar-refractivity contribution in [3.8, 4) is 0 Å². The van der Waals surface area contributed by atoms with E-state index < -0.39 is 15.2 Å². The van der Waals surface area contributed by atoms with E-state index in [1.807, 2.05) is 0 Å². The van der Waals surface area contributed by atoms with E-state index in [0.717, 1.165) is 23.6 Å². The molecule has 0 aliphatic carbocycles. The van der Waals surface area contributed by atoms with Crippen LogP contribution in [0.1, 0.15) is 32.6 Å². The highest BCUT2D eigenvalue weighted by Crippen LogP contribution is 2.42. The van der Waals surface area contributed by atoms with Gasteiger partial charge in [-0.2, -0.15) is 4.31 Å². The van der Waals surface area contributed by atoms with Crippen LogP contribution in [0.2, 0.25) is 0 Å². The summed E-state index contributed by atoms with van der Waals surface area (Å²) in [6, 6.07) is -1.01. The summed E-state index contributed by atoms with van der Waals surface area (Å²) in [5, 5.41) is 2.58. The van der Waals surface area contributed by atoms with Crippen molar-refractivity contribution < 1.29 is 9.59 Å². The van der Waals surface area contributed by atoms with Crippen LogP contribution in [-0.2, 0) is 4.79 Å². The zero-order valence-corrected chi connectivity index (χ0v) is 12.3. The minimum absolute atomic E-state index is 0.345. The number of nitrogens with zero attached hydrogens (tertiary/aromatic N) is 1. The van der Waals surface area contributed by atoms with Gasteiger partial charge in [0.2, 0.25) is 0 Å². The van der Waals surface area contributed by atoms with E-state index in [1.54, 1.807) is 0 Å². The second-order valence-electron chi connectivity index (χ2n) is 3.67. The lowest BCUT2D eigenvalue weighted by molar-refractivity contribution is -0.124. The van der Waals surface area contributed by atoms with E-state index in [2.05, 4.69) is 12.2 Å². The molecule has 1 saturated heterocycles. The van der Waals surface area contributed by atoms with Gasteiger partial charge >= 0.3 is 6.03 Å². The molecule has 1 aliphatic heterocycles. The molecule has 0 spiro atoms. The van der Waals surface area contributed by atoms with Crippen LogP contribution in [0.15, 0.2) is 0 Å². The molecule has 1 N–H and O–H groups in total. The molecule has 1 unspecified atom stereocenters. The first-order valence-electron chi connectivity index (χ1n) is 5.25. The molecule has 1 aliphatic rings. The number of urea groups is 1. The molecular weight excluding hydrogens is 307 g/mol. The van der Waals surface area contributed by atoms with E-state index in [1.165, 1.54) is 0 Å². The highest BCUT2D eigenvalue weighted by molar-refractivity contribution is 8.03. The average molecular weight is 320 g/mol. The van der Waals surface area contributed by atoms with E-state index in [9.17, 15) is 9.59 Å². The molecule has 1 fully saturated rings. The Hall–Kier alpha value is 0.160. The Balaban J connectivity index is 2.53. The molecule has 1 atom stereocenters. The number of alkyl halides is 3. The number of carbonyl (C=O) groups excluding carboxylic acids is 2. The van der Waals surface area contributed by atoms with Crippen molar-refractivity contribution in [3.63, 3.8) is 0 Å². The molecule has 3 amide bonds. The van der Waals surface area contributed by atoms with Crippen molar-refractivity contribution >= 4 is 58.7 Å². The highest BCUT2D eigenvalue weighted by atomic mass is 35.6. The fourth-order valence-electron chi connectivity index (χ4n) is 1.50. The minimum atomic E-state index is -1.72. The van der Waals surface area contributed by atoms with Gasteiger partial charge < -0.3 is 5.32 Å². The summed E-state index contributed by atoms with van der Waals surface area (Å²) < 4.78 is -0.838. The maximum absolute atomic E-state index is 11.8. The zero-order valence-electron chi connectivity index (χ0n) is 9.21. The number of rotatable bonds is 5. The monoisotopic (exact) mass is 318 g/mol. The third kappa shape index (κ3) is 4.73. The summed E-state index contributed by atoms with van der Waals surface area (Å²) in [6.07, 6.45) is 3.59. The van der Waals surface area contributed by atoms with Crippen molar-refractivity contribution in [3.05, 3.63) is 0 Å². The van der Waals surface area contributed by atoms with Gasteiger partial charge in [-0.1, -0.05) is 61.0 Å². The number of imide groups is 1. The Kier molecular flexibility index (Phi) is 5.70. The van der Waals surface area contributed by atoms with Crippen LogP contribution in [0.5, 0.6) is 0 Å². The lowest BCUT2D eigenvalue weighted by atomic mass is 10.1. The Morgan fingerprint density at radius 1 is 1.35 bits per heavy atom. The molecule has 98 valence electrons. The number of carbonyl (C=O) groups is 2. The molecular formula is C9H13Cl3N2O2S. The van der Waals surface area contributed by atoms with Gasteiger partial charge in [0.1, 0.15) is 6.04 Å². The molecule has 0 aromatic heterocycles. The summed E-state index contributed by atoms with van der Waals surface area (Å²) in [7, 11) is 0. The second kappa shape index (κ2) is 6.36. The van der Waals surface area contributed by atoms with Crippen molar-refractivity contribution in [1.29, 1.82) is 0 Å². The molecule has 4 nitrogen and oxygen atoms in total. The summed E-state index contributed by atoms with van der Waals surface area (Å²) in [4.78, 5) is 23.3. The van der Waals surface area contributed by atoms with Crippen molar-refractivity contribution in [2.45, 2.75) is 41.8 Å². The van der Waals surface area contributed by atoms with Gasteiger partial charge in [0.05, 0.1) is 0 Å². The summed E-state index contributed by atoms with van der Waals surface area (Å²) in [6.45, 7) is 2.07. The van der Waals surface area contributed by atoms with E-state index in [-0.39, 0.29) is 5.91 Å². The topological polar surface area (TPSA) is 49.4 Å². The van der Waals surface area contributed by atoms with Crippen molar-refractivity contribution in [2.75, 3.05) is 0 Å². The predicted molar refractivity (Wildman–Crippen MR) is 71.2 cm³/mol. The SMILES string of the molecule is CCCCCC1NC(=O)N(SC(Cl)(Cl)Cl)C1=O. The van der Waals surface area contributed by atoms with Crippen LogP contribution in [0.4, 0.5) is 4.79 Å². The van der Waals surface area contributed by atoms with Crippen LogP contribution in [-0.4, -0.2) is 25.4 Å². The summed E-state index contributed by atoms with van der Waals surface area (Å²) in [5.41, 5.74) is 0. The number of unbranched alkanes of at least 4 members (excludes halogenated alkanes) is 2. The maximum atomic E-state index is 11.8. The van der Waals surface area contributed by atoms with Gasteiger partial charge in [0.25, 0.3) is 9.03 Å². The van der Waals surface area contributed by atoms with Crippen molar-refractivity contribution in [2.24, 2.45) is 0 Å². The smallest absolute Gasteiger partial charge is 0.325 e. The first-order chi connectivity index (χ1) is 7.85. The Bertz CT molecular complexity index is 309. The number of hydrogen-bond donors (Lipinski definition) is 1. The van der Waals surface area contributed by atoms with Gasteiger partial charge in [-0.15, -0.1) is 0 Å². The van der Waals surface area contributed by atoms with Gasteiger partial charge in [0, 0.05) is 11.9 Å². The summed E-state index contributed by atoms with van der Waals surface area (Å²) in [5.74, 6) is -0.345. The highest BCUT2D eigenvalue weighted by Gasteiger charge is 2.42. The Labute approximate surface area is 119 Å². The first kappa shape index (κ1) is 15.2. The molecule has 0 saturated carbocycles. The normalized spacial score (nSPS) is 20.9. The van der Waals surface area contributed by atoms with Gasteiger partial charge in [-0.3, -0.25) is 4.79 Å². The number of halogens is 3. The number of hydrogen-bond acceptors (Lipinski definition) is 3. The maximum Gasteiger partial charge on any atom is 0.335 e. The average Bonchev–Trinajstić information content (AvgIpc) is 2.45. The second-order valence-corrected chi connectivity index (χ2v) is 7.78. The Morgan fingerprint density at radius 2 is 2.00 bits per heavy atom. The van der Waals surface area contributed by atoms with Gasteiger partial charge in [-0.25, -0.2) is 4.79 Å². The van der Waals surface area contributed by atoms with Gasteiger partial charge in [-0.05, 0) is 6.42 Å². The minimum Gasteiger partial charge on any atom is -0.325 e. The molecule has 1 heterocycles. The predicted octanol–water partition coefficient (Wildman–Crippen LogP) is 3.46. The number of nitrogens with one attached hydrogen (secondary N) is 1. The first-order valence-corrected chi connectivity index (χ1v) is 7.16. The van der Waals surface area contributed by atoms with E-state index >= 15 is 0 Å². The van der Waals surface area contributed by atoms with E-state index in [0.29, 0.717) is 18.4 Å². The standard InChI is InChI=1S/C9H13Cl3N2O2S/c1-2-3-4-5-6-7(15)14(8(16)13-6)17-9(10,11)12/h6H,2-5H2,1H3,(H,13,16). The zero-order chi connectivity index (χ0) is 13.1. The molecule has 0 aromatic carbocycles. The lowest BCUT2D eigenvalue weighted by Gasteiger charge is -2.16. The fourth-order valence-corrected chi connectivity index (χ4v) is 2.68. The van der Waals surface area contributed by atoms with Crippen LogP contribution < -0.4 is 5.32 Å². The quantitative estimate of drug-likeness (QED) is 0.365. The molecule has 8 heteroatoms. The molecule has 1 rings (SSSR count). The van der Waals surface area contributed by atoms with E-state index in [4.69, 9.17) is 34.8 Å². The third-order valence-electron chi connectivity index (χ3n) is 2.27. The van der Waals surface area contributed by atoms with Crippen LogP contribution in [0.25, 0.3) is 0 Å². The molecule has 17 heavy (non-hydrogen) atoms. The molecule has 0 bridgehead atoms. The largest absolute Gasteiger partial charge is 0.335 e. The van der Waals surface area contributed by atoms with Crippen LogP contribution in [0, 0.1) is 0 Å². The number of amides is 3. The van der Waals surface area contributed by atoms with Crippen LogP contribution >= 0.6 is 46.8 Å². The molecule has 0 aromatic rings. The van der Waals surface area contributed by atoms with Crippen molar-refractivity contribution in [1.82, 2.24) is 9.62 Å². The Morgan fingerprint density at radius 3 is 2.53 bits per heavy atom.